The molecule has 5 aromatic rings. The Labute approximate surface area is 254 Å². The molecule has 1 aromatic heterocycles. The van der Waals surface area contributed by atoms with Gasteiger partial charge >= 0.3 is 0 Å². The second-order valence-corrected chi connectivity index (χ2v) is 12.4. The van der Waals surface area contributed by atoms with Gasteiger partial charge in [0.2, 0.25) is 0 Å². The van der Waals surface area contributed by atoms with Crippen LogP contribution >= 0.6 is 0 Å². The van der Waals surface area contributed by atoms with Crippen LogP contribution in [0.1, 0.15) is 61.1 Å². The summed E-state index contributed by atoms with van der Waals surface area (Å²) in [6.45, 7) is 4.74. The Morgan fingerprint density at radius 3 is 2.16 bits per heavy atom. The van der Waals surface area contributed by atoms with Crippen LogP contribution in [0.25, 0.3) is 56.5 Å². The van der Waals surface area contributed by atoms with Gasteiger partial charge in [0.25, 0.3) is 0 Å². The third-order valence-corrected chi connectivity index (χ3v) is 9.39. The highest BCUT2D eigenvalue weighted by Gasteiger charge is 2.38. The van der Waals surface area contributed by atoms with E-state index >= 15 is 0 Å². The fourth-order valence-electron chi connectivity index (χ4n) is 7.15. The van der Waals surface area contributed by atoms with E-state index in [1.165, 1.54) is 50.1 Å². The number of rotatable bonds is 4. The Morgan fingerprint density at radius 2 is 1.35 bits per heavy atom. The molecular weight excluding hydrogens is 520 g/mol. The Bertz CT molecular complexity index is 1970. The van der Waals surface area contributed by atoms with Crippen molar-refractivity contribution < 1.29 is 0 Å². The van der Waals surface area contributed by atoms with E-state index < -0.39 is 0 Å². The first-order chi connectivity index (χ1) is 21.1. The summed E-state index contributed by atoms with van der Waals surface area (Å²) in [7, 11) is 0. The third kappa shape index (κ3) is 4.32. The summed E-state index contributed by atoms with van der Waals surface area (Å²) in [6.07, 6.45) is 15.6. The van der Waals surface area contributed by atoms with E-state index in [1.807, 2.05) is 6.07 Å². The number of allylic oxidation sites excluding steroid dienone is 5. The van der Waals surface area contributed by atoms with Crippen LogP contribution in [0.5, 0.6) is 0 Å². The van der Waals surface area contributed by atoms with Crippen LogP contribution in [-0.4, -0.2) is 9.97 Å². The van der Waals surface area contributed by atoms with Crippen LogP contribution in [0.15, 0.2) is 115 Å². The van der Waals surface area contributed by atoms with E-state index in [-0.39, 0.29) is 5.41 Å². The maximum absolute atomic E-state index is 5.09. The zero-order valence-electron chi connectivity index (χ0n) is 24.8. The summed E-state index contributed by atoms with van der Waals surface area (Å²) in [5.41, 5.74) is 16.3. The van der Waals surface area contributed by atoms with Crippen LogP contribution in [0.2, 0.25) is 0 Å². The van der Waals surface area contributed by atoms with Crippen molar-refractivity contribution in [3.8, 4) is 44.9 Å². The lowest BCUT2D eigenvalue weighted by molar-refractivity contribution is 0.660. The smallest absolute Gasteiger partial charge is 0.160 e. The number of aromatic nitrogens is 2. The molecule has 8 rings (SSSR count). The van der Waals surface area contributed by atoms with Gasteiger partial charge in [-0.1, -0.05) is 123 Å². The van der Waals surface area contributed by atoms with Gasteiger partial charge < -0.3 is 0 Å². The average molecular weight is 555 g/mol. The molecule has 0 bridgehead atoms. The van der Waals surface area contributed by atoms with Gasteiger partial charge in [-0.25, -0.2) is 9.97 Å². The van der Waals surface area contributed by atoms with Crippen LogP contribution < -0.4 is 0 Å². The van der Waals surface area contributed by atoms with Gasteiger partial charge in [-0.3, -0.25) is 0 Å². The van der Waals surface area contributed by atoms with Gasteiger partial charge in [0, 0.05) is 16.5 Å². The van der Waals surface area contributed by atoms with E-state index in [4.69, 9.17) is 9.97 Å². The SMILES string of the molecule is CC1(C)c2ccccc2-c2c1cc1c(c2-c2ccc(-c3nc(C4=CCCC=C4)cc(-c4ccccc4)n3)cc2)CCC=C1. The van der Waals surface area contributed by atoms with Crippen molar-refractivity contribution in [2.45, 2.75) is 44.9 Å². The summed E-state index contributed by atoms with van der Waals surface area (Å²) >= 11 is 0. The largest absolute Gasteiger partial charge is 0.228 e. The van der Waals surface area contributed by atoms with E-state index in [0.29, 0.717) is 0 Å². The third-order valence-electron chi connectivity index (χ3n) is 9.39. The van der Waals surface area contributed by atoms with Gasteiger partial charge in [0.1, 0.15) is 0 Å². The molecule has 0 N–H and O–H groups in total. The number of nitrogens with zero attached hydrogens (tertiary/aromatic N) is 2. The Balaban J connectivity index is 1.28. The molecular formula is C41H34N2. The summed E-state index contributed by atoms with van der Waals surface area (Å²) < 4.78 is 0. The molecule has 0 saturated heterocycles. The lowest BCUT2D eigenvalue weighted by Gasteiger charge is -2.25. The molecule has 208 valence electrons. The quantitative estimate of drug-likeness (QED) is 0.221. The number of hydrogen-bond donors (Lipinski definition) is 0. The highest BCUT2D eigenvalue weighted by Crippen LogP contribution is 2.54. The topological polar surface area (TPSA) is 25.8 Å². The van der Waals surface area contributed by atoms with Crippen LogP contribution in [0.4, 0.5) is 0 Å². The number of benzene rings is 4. The van der Waals surface area contributed by atoms with Gasteiger partial charge in [-0.2, -0.15) is 0 Å². The van der Waals surface area contributed by atoms with Gasteiger partial charge in [-0.15, -0.1) is 0 Å². The van der Waals surface area contributed by atoms with E-state index in [1.54, 1.807) is 0 Å². The zero-order valence-corrected chi connectivity index (χ0v) is 24.8. The fraction of sp³-hybridized carbons (Fsp3) is 0.171. The number of hydrogen-bond acceptors (Lipinski definition) is 2. The molecule has 4 aromatic carbocycles. The maximum atomic E-state index is 5.09. The van der Waals surface area contributed by atoms with E-state index in [9.17, 15) is 0 Å². The van der Waals surface area contributed by atoms with Crippen molar-refractivity contribution in [2.75, 3.05) is 0 Å². The van der Waals surface area contributed by atoms with Crippen LogP contribution in [0, 0.1) is 0 Å². The highest BCUT2D eigenvalue weighted by molar-refractivity contribution is 5.96. The van der Waals surface area contributed by atoms with Crippen molar-refractivity contribution >= 4 is 11.6 Å². The molecule has 0 spiro atoms. The Hall–Kier alpha value is -4.82. The molecule has 0 fully saturated rings. The fourth-order valence-corrected chi connectivity index (χ4v) is 7.15. The zero-order chi connectivity index (χ0) is 29.0. The van der Waals surface area contributed by atoms with E-state index in [2.05, 4.69) is 129 Å². The predicted molar refractivity (Wildman–Crippen MR) is 180 cm³/mol. The molecule has 0 amide bonds. The van der Waals surface area contributed by atoms with Crippen molar-refractivity contribution in [3.05, 3.63) is 143 Å². The van der Waals surface area contributed by atoms with E-state index in [0.717, 1.165) is 54.0 Å². The molecule has 0 unspecified atom stereocenters. The number of fused-ring (bicyclic) bond motifs is 4. The average Bonchev–Trinajstić information content (AvgIpc) is 3.30. The van der Waals surface area contributed by atoms with Crippen LogP contribution in [-0.2, 0) is 11.8 Å². The molecule has 0 saturated carbocycles. The van der Waals surface area contributed by atoms with Crippen molar-refractivity contribution in [1.29, 1.82) is 0 Å². The summed E-state index contributed by atoms with van der Waals surface area (Å²) in [5.74, 6) is 0.762. The molecule has 0 atom stereocenters. The Kier molecular flexibility index (Phi) is 6.11. The van der Waals surface area contributed by atoms with Crippen molar-refractivity contribution in [1.82, 2.24) is 9.97 Å². The second-order valence-electron chi connectivity index (χ2n) is 12.4. The molecule has 2 heteroatoms. The van der Waals surface area contributed by atoms with Gasteiger partial charge in [-0.05, 0) is 87.9 Å². The molecule has 0 aliphatic heterocycles. The second kappa shape index (κ2) is 10.2. The predicted octanol–water partition coefficient (Wildman–Crippen LogP) is 10.5. The molecule has 3 aliphatic carbocycles. The highest BCUT2D eigenvalue weighted by atomic mass is 14.9. The van der Waals surface area contributed by atoms with Gasteiger partial charge in [0.05, 0.1) is 11.4 Å². The van der Waals surface area contributed by atoms with Gasteiger partial charge in [0.15, 0.2) is 5.82 Å². The maximum Gasteiger partial charge on any atom is 0.160 e. The molecule has 3 aliphatic rings. The minimum atomic E-state index is -0.0364. The molecule has 0 radical (unpaired) electrons. The van der Waals surface area contributed by atoms with Crippen molar-refractivity contribution in [3.63, 3.8) is 0 Å². The molecule has 1 heterocycles. The summed E-state index contributed by atoms with van der Waals surface area (Å²) in [5, 5.41) is 0. The summed E-state index contributed by atoms with van der Waals surface area (Å²) in [6, 6.07) is 33.0. The molecule has 43 heavy (non-hydrogen) atoms. The summed E-state index contributed by atoms with van der Waals surface area (Å²) in [4.78, 5) is 10.2. The minimum Gasteiger partial charge on any atom is -0.228 e. The first-order valence-electron chi connectivity index (χ1n) is 15.5. The van der Waals surface area contributed by atoms with Crippen LogP contribution in [0.3, 0.4) is 0 Å². The Morgan fingerprint density at radius 1 is 0.605 bits per heavy atom. The normalized spacial score (nSPS) is 15.9. The monoisotopic (exact) mass is 554 g/mol. The lowest BCUT2D eigenvalue weighted by Crippen LogP contribution is -2.15. The lowest BCUT2D eigenvalue weighted by atomic mass is 9.78. The molecule has 2 nitrogen and oxygen atoms in total. The minimum absolute atomic E-state index is 0.0364. The first-order valence-corrected chi connectivity index (χ1v) is 15.5. The first kappa shape index (κ1) is 25.9. The van der Waals surface area contributed by atoms with Crippen molar-refractivity contribution in [2.24, 2.45) is 0 Å². The standard InChI is InChI=1S/C41H34N2/c1-41(2)34-20-12-11-19-33(34)39-35(41)25-31-17-9-10-18-32(31)38(39)29-21-23-30(24-22-29)40-42-36(27-13-5-3-6-14-27)26-37(43-40)28-15-7-4-8-16-28/h3,5-7,9,11-17,19-26H,4,8,10,18H2,1-2H3.